The lowest BCUT2D eigenvalue weighted by atomic mass is 9.95. The molecule has 3 atom stereocenters. The highest BCUT2D eigenvalue weighted by molar-refractivity contribution is 5.92. The van der Waals surface area contributed by atoms with E-state index in [2.05, 4.69) is 10.6 Å². The third-order valence-corrected chi connectivity index (χ3v) is 4.82. The van der Waals surface area contributed by atoms with Crippen LogP contribution >= 0.6 is 0 Å². The smallest absolute Gasteiger partial charge is 0.287 e. The average Bonchev–Trinajstić information content (AvgIpc) is 3.31. The number of methoxy groups -OCH3 is 1. The molecule has 2 fully saturated rings. The number of rotatable bonds is 4. The molecule has 120 valence electrons. The Hall–Kier alpha value is -2.27. The molecule has 1 amide bonds. The number of carbonyl (C=O) groups is 1. The molecule has 0 radical (unpaired) electrons. The number of hydrogen-bond donors (Lipinski definition) is 2. The van der Waals surface area contributed by atoms with Gasteiger partial charge in [0.1, 0.15) is 11.5 Å². The lowest BCUT2D eigenvalue weighted by molar-refractivity contribution is 0.0903. The Balaban J connectivity index is 1.45. The third kappa shape index (κ3) is 2.72. The first-order chi connectivity index (χ1) is 11.2. The van der Waals surface area contributed by atoms with Crippen molar-refractivity contribution >= 4 is 5.91 Å². The van der Waals surface area contributed by atoms with Crippen molar-refractivity contribution < 1.29 is 13.9 Å². The van der Waals surface area contributed by atoms with E-state index in [1.165, 1.54) is 6.42 Å². The van der Waals surface area contributed by atoms with Crippen molar-refractivity contribution in [1.29, 1.82) is 0 Å². The molecule has 4 rings (SSSR count). The molecule has 23 heavy (non-hydrogen) atoms. The molecule has 0 aliphatic carbocycles. The first-order valence-corrected chi connectivity index (χ1v) is 8.04. The lowest BCUT2D eigenvalue weighted by Gasteiger charge is -2.20. The number of hydrogen-bond acceptors (Lipinski definition) is 4. The van der Waals surface area contributed by atoms with Gasteiger partial charge in [-0.05, 0) is 55.7 Å². The van der Waals surface area contributed by atoms with E-state index >= 15 is 0 Å². The Morgan fingerprint density at radius 3 is 2.70 bits per heavy atom. The molecule has 2 aliphatic rings. The molecule has 3 heterocycles. The van der Waals surface area contributed by atoms with Crippen LogP contribution in [0.1, 0.15) is 29.8 Å². The maximum Gasteiger partial charge on any atom is 0.287 e. The zero-order valence-electron chi connectivity index (χ0n) is 13.0. The zero-order valence-corrected chi connectivity index (χ0v) is 13.0. The number of ether oxygens (including phenoxy) is 1. The second-order valence-electron chi connectivity index (χ2n) is 6.26. The summed E-state index contributed by atoms with van der Waals surface area (Å²) < 4.78 is 10.9. The van der Waals surface area contributed by atoms with Crippen molar-refractivity contribution in [3.8, 4) is 17.1 Å². The monoisotopic (exact) mass is 312 g/mol. The van der Waals surface area contributed by atoms with Gasteiger partial charge in [-0.1, -0.05) is 0 Å². The van der Waals surface area contributed by atoms with Crippen molar-refractivity contribution in [1.82, 2.24) is 10.6 Å². The number of benzene rings is 1. The van der Waals surface area contributed by atoms with Gasteiger partial charge in [0.25, 0.3) is 5.91 Å². The Labute approximate surface area is 135 Å². The molecule has 2 aliphatic heterocycles. The highest BCUT2D eigenvalue weighted by Gasteiger charge is 2.39. The molecule has 5 nitrogen and oxygen atoms in total. The van der Waals surface area contributed by atoms with Gasteiger partial charge in [-0.2, -0.15) is 0 Å². The van der Waals surface area contributed by atoms with Gasteiger partial charge in [0, 0.05) is 23.7 Å². The summed E-state index contributed by atoms with van der Waals surface area (Å²) in [6, 6.07) is 12.3. The van der Waals surface area contributed by atoms with Crippen LogP contribution in [-0.2, 0) is 0 Å². The second kappa shape index (κ2) is 5.74. The maximum absolute atomic E-state index is 12.4. The van der Waals surface area contributed by atoms with E-state index in [4.69, 9.17) is 9.15 Å². The molecule has 0 saturated carbocycles. The Morgan fingerprint density at radius 2 is 2.04 bits per heavy atom. The number of fused-ring (bicyclic) bond motifs is 2. The summed E-state index contributed by atoms with van der Waals surface area (Å²) in [6.07, 6.45) is 3.38. The van der Waals surface area contributed by atoms with Gasteiger partial charge in [0.05, 0.1) is 7.11 Å². The van der Waals surface area contributed by atoms with Crippen molar-refractivity contribution in [3.05, 3.63) is 42.2 Å². The van der Waals surface area contributed by atoms with Crippen LogP contribution in [0, 0.1) is 0 Å². The summed E-state index contributed by atoms with van der Waals surface area (Å²) in [5.41, 5.74) is 0.923. The molecule has 5 heteroatoms. The van der Waals surface area contributed by atoms with Gasteiger partial charge in [-0.15, -0.1) is 0 Å². The Morgan fingerprint density at radius 1 is 1.22 bits per heavy atom. The molecule has 1 aromatic carbocycles. The zero-order chi connectivity index (χ0) is 15.8. The van der Waals surface area contributed by atoms with Gasteiger partial charge in [0.15, 0.2) is 5.76 Å². The first-order valence-electron chi connectivity index (χ1n) is 8.04. The Kier molecular flexibility index (Phi) is 3.58. The van der Waals surface area contributed by atoms with Crippen LogP contribution in [0.4, 0.5) is 0 Å². The predicted octanol–water partition coefficient (Wildman–Crippen LogP) is 2.58. The molecular weight excluding hydrogens is 292 g/mol. The third-order valence-electron chi connectivity index (χ3n) is 4.82. The minimum Gasteiger partial charge on any atom is -0.497 e. The summed E-state index contributed by atoms with van der Waals surface area (Å²) in [6.45, 7) is 0. The van der Waals surface area contributed by atoms with E-state index in [-0.39, 0.29) is 11.9 Å². The van der Waals surface area contributed by atoms with Gasteiger partial charge in [-0.25, -0.2) is 0 Å². The largest absolute Gasteiger partial charge is 0.497 e. The second-order valence-corrected chi connectivity index (χ2v) is 6.26. The van der Waals surface area contributed by atoms with Crippen molar-refractivity contribution in [2.75, 3.05) is 7.11 Å². The van der Waals surface area contributed by atoms with E-state index in [1.807, 2.05) is 30.3 Å². The molecule has 0 spiro atoms. The number of nitrogens with one attached hydrogen (secondary N) is 2. The molecule has 0 unspecified atom stereocenters. The van der Waals surface area contributed by atoms with Crippen LogP contribution in [0.15, 0.2) is 40.8 Å². The van der Waals surface area contributed by atoms with Crippen LogP contribution in [0.25, 0.3) is 11.3 Å². The summed E-state index contributed by atoms with van der Waals surface area (Å²) in [5.74, 6) is 1.70. The molecule has 2 aromatic rings. The van der Waals surface area contributed by atoms with Crippen LogP contribution < -0.4 is 15.4 Å². The van der Waals surface area contributed by atoms with Crippen molar-refractivity contribution in [2.24, 2.45) is 0 Å². The molecule has 2 N–H and O–H groups in total. The average molecular weight is 312 g/mol. The topological polar surface area (TPSA) is 63.5 Å². The van der Waals surface area contributed by atoms with Crippen LogP contribution in [-0.4, -0.2) is 31.1 Å². The standard InChI is InChI=1S/C18H20N2O3/c1-22-13-5-2-11(3-6-13)16-8-9-17(23-16)18(21)20-15-10-12-4-7-14(15)19-12/h2-3,5-6,8-9,12,14-15,19H,4,7,10H2,1H3,(H,20,21)/t12-,14+,15-/m1/s1. The Bertz CT molecular complexity index is 707. The minimum absolute atomic E-state index is 0.135. The fraction of sp³-hybridized carbons (Fsp3) is 0.389. The normalized spacial score (nSPS) is 25.5. The van der Waals surface area contributed by atoms with Crippen LogP contribution in [0.3, 0.4) is 0 Å². The quantitative estimate of drug-likeness (QED) is 0.911. The number of furan rings is 1. The van der Waals surface area contributed by atoms with Gasteiger partial charge in [0.2, 0.25) is 0 Å². The summed E-state index contributed by atoms with van der Waals surface area (Å²) >= 11 is 0. The fourth-order valence-electron chi connectivity index (χ4n) is 3.59. The maximum atomic E-state index is 12.4. The molecular formula is C18H20N2O3. The van der Waals surface area contributed by atoms with Crippen LogP contribution in [0.5, 0.6) is 5.75 Å². The first kappa shape index (κ1) is 14.3. The molecule has 1 aromatic heterocycles. The highest BCUT2D eigenvalue weighted by atomic mass is 16.5. The fourth-order valence-corrected chi connectivity index (χ4v) is 3.59. The molecule has 2 bridgehead atoms. The van der Waals surface area contributed by atoms with E-state index in [9.17, 15) is 4.79 Å². The van der Waals surface area contributed by atoms with E-state index in [0.717, 1.165) is 24.2 Å². The predicted molar refractivity (Wildman–Crippen MR) is 86.5 cm³/mol. The SMILES string of the molecule is COc1ccc(-c2ccc(C(=O)N[C@@H]3C[C@H]4CC[C@@H]3N4)o2)cc1. The van der Waals surface area contributed by atoms with Crippen LogP contribution in [0.2, 0.25) is 0 Å². The summed E-state index contributed by atoms with van der Waals surface area (Å²) in [5, 5.41) is 6.61. The van der Waals surface area contributed by atoms with Gasteiger partial charge >= 0.3 is 0 Å². The lowest BCUT2D eigenvalue weighted by Crippen LogP contribution is -2.42. The van der Waals surface area contributed by atoms with Crippen molar-refractivity contribution in [2.45, 2.75) is 37.4 Å². The highest BCUT2D eigenvalue weighted by Crippen LogP contribution is 2.29. The number of amides is 1. The van der Waals surface area contributed by atoms with E-state index in [1.54, 1.807) is 13.2 Å². The molecule has 2 saturated heterocycles. The van der Waals surface area contributed by atoms with E-state index in [0.29, 0.717) is 23.6 Å². The van der Waals surface area contributed by atoms with Gasteiger partial charge < -0.3 is 19.8 Å². The van der Waals surface area contributed by atoms with E-state index < -0.39 is 0 Å². The number of carbonyl (C=O) groups excluding carboxylic acids is 1. The van der Waals surface area contributed by atoms with Crippen molar-refractivity contribution in [3.63, 3.8) is 0 Å². The summed E-state index contributed by atoms with van der Waals surface area (Å²) in [7, 11) is 1.63. The van der Waals surface area contributed by atoms with Gasteiger partial charge in [-0.3, -0.25) is 4.79 Å². The minimum atomic E-state index is -0.135. The summed E-state index contributed by atoms with van der Waals surface area (Å²) in [4.78, 5) is 12.4.